The molecule has 3 aromatic carbocycles. The third-order valence-corrected chi connectivity index (χ3v) is 20.0. The van der Waals surface area contributed by atoms with E-state index in [9.17, 15) is 0 Å². The van der Waals surface area contributed by atoms with Gasteiger partial charge in [-0.1, -0.05) is 173 Å². The molecule has 3 aromatic rings. The summed E-state index contributed by atoms with van der Waals surface area (Å²) >= 11 is 4.73. The summed E-state index contributed by atoms with van der Waals surface area (Å²) in [5.74, 6) is 0.653. The zero-order valence-corrected chi connectivity index (χ0v) is 41.6. The molecular weight excluding hydrogens is 993 g/mol. The van der Waals surface area contributed by atoms with Gasteiger partial charge in [0.15, 0.2) is 0 Å². The normalized spacial score (nSPS) is 19.6. The molecule has 0 bridgehead atoms. The van der Waals surface area contributed by atoms with Crippen LogP contribution in [0.4, 0.5) is 0 Å². The van der Waals surface area contributed by atoms with E-state index in [4.69, 9.17) is 0 Å². The Hall–Kier alpha value is 0.603. The van der Waals surface area contributed by atoms with Crippen molar-refractivity contribution in [3.8, 4) is 11.1 Å². The van der Waals surface area contributed by atoms with Crippen LogP contribution in [-0.4, -0.2) is 22.6 Å². The first kappa shape index (κ1) is 44.7. The molecule has 0 aliphatic heterocycles. The molecule has 0 spiro atoms. The Morgan fingerprint density at radius 3 is 1.06 bits per heavy atom. The van der Waals surface area contributed by atoms with Crippen molar-refractivity contribution in [2.75, 3.05) is 0 Å². The summed E-state index contributed by atoms with van der Waals surface area (Å²) in [5, 5.41) is 3.65. The van der Waals surface area contributed by atoms with Gasteiger partial charge in [0.1, 0.15) is 0 Å². The minimum atomic E-state index is -0.119. The third kappa shape index (κ3) is 12.8. The number of aryl methyl sites for hydroxylation is 3. The number of rotatable bonds is 8. The summed E-state index contributed by atoms with van der Waals surface area (Å²) in [5.41, 5.74) is 13.2. The minimum absolute atomic E-state index is 0.119. The van der Waals surface area contributed by atoms with Crippen LogP contribution in [0.25, 0.3) is 11.1 Å². The number of benzene rings is 3. The maximum atomic E-state index is 2.65. The SMILES string of the molecule is Cc1ccc(C(C)C)cc1.Cc1cccc(P(C2CCCCC2)C2CCCCC2)c1-c1c(C)cccc1P(C1CCCCC1)C1CCCCC1.[I][Ru][I]. The summed E-state index contributed by atoms with van der Waals surface area (Å²) in [4.78, 5) is 0. The number of halogens is 2. The molecule has 4 fully saturated rings. The molecule has 0 atom stereocenters. The summed E-state index contributed by atoms with van der Waals surface area (Å²) < 4.78 is 0. The molecule has 0 saturated heterocycles. The molecule has 294 valence electrons. The Balaban J connectivity index is 0.000000355. The van der Waals surface area contributed by atoms with E-state index < -0.39 is 0 Å². The van der Waals surface area contributed by atoms with Gasteiger partial charge in [0.2, 0.25) is 0 Å². The van der Waals surface area contributed by atoms with Crippen molar-refractivity contribution < 1.29 is 10.1 Å². The van der Waals surface area contributed by atoms with E-state index in [1.807, 2.05) is 10.6 Å². The summed E-state index contributed by atoms with van der Waals surface area (Å²) in [6, 6.07) is 23.8. The van der Waals surface area contributed by atoms with Crippen LogP contribution in [0.15, 0.2) is 60.7 Å². The Morgan fingerprint density at radius 2 is 0.774 bits per heavy atom. The molecule has 5 heteroatoms. The molecule has 0 nitrogen and oxygen atoms in total. The molecule has 4 aliphatic carbocycles. The molecule has 4 saturated carbocycles. The second-order valence-electron chi connectivity index (χ2n) is 17.0. The molecule has 0 aromatic heterocycles. The van der Waals surface area contributed by atoms with Gasteiger partial charge in [0, 0.05) is 0 Å². The molecule has 7 rings (SSSR count). The molecule has 0 unspecified atom stereocenters. The van der Waals surface area contributed by atoms with E-state index in [1.165, 1.54) is 140 Å². The second-order valence-corrected chi connectivity index (χ2v) is 35.9. The molecule has 53 heavy (non-hydrogen) atoms. The first-order chi connectivity index (χ1) is 25.8. The van der Waals surface area contributed by atoms with E-state index in [0.29, 0.717) is 16.0 Å². The van der Waals surface area contributed by atoms with Crippen molar-refractivity contribution in [2.45, 2.75) is 192 Å². The summed E-state index contributed by atoms with van der Waals surface area (Å²) in [6.07, 6.45) is 29.6. The van der Waals surface area contributed by atoms with E-state index in [0.717, 1.165) is 22.6 Å². The summed E-state index contributed by atoms with van der Waals surface area (Å²) in [7, 11) is 0.413. The average Bonchev–Trinajstić information content (AvgIpc) is 3.18. The predicted molar refractivity (Wildman–Crippen MR) is 255 cm³/mol. The quantitative estimate of drug-likeness (QED) is 0.120. The van der Waals surface area contributed by atoms with Gasteiger partial charge in [-0.05, 0) is 139 Å². The fourth-order valence-electron chi connectivity index (χ4n) is 10.2. The van der Waals surface area contributed by atoms with Gasteiger partial charge in [-0.15, -0.1) is 0 Å². The maximum absolute atomic E-state index is 2.65. The molecule has 4 aliphatic rings. The predicted octanol–water partition coefficient (Wildman–Crippen LogP) is 16.4. The van der Waals surface area contributed by atoms with Crippen LogP contribution >= 0.6 is 55.3 Å². The molecule has 0 heterocycles. The second kappa shape index (κ2) is 23.9. The Bertz CT molecular complexity index is 1360. The fourth-order valence-corrected chi connectivity index (χ4v) is 18.2. The van der Waals surface area contributed by atoms with Gasteiger partial charge >= 0.3 is 49.6 Å². The summed E-state index contributed by atoms with van der Waals surface area (Å²) in [6.45, 7) is 11.5. The van der Waals surface area contributed by atoms with E-state index in [-0.39, 0.29) is 15.8 Å². The van der Waals surface area contributed by atoms with Crippen LogP contribution in [0.3, 0.4) is 0 Å². The van der Waals surface area contributed by atoms with Crippen molar-refractivity contribution in [1.29, 1.82) is 0 Å². The zero-order valence-electron chi connectivity index (χ0n) is 33.8. The van der Waals surface area contributed by atoms with Crippen molar-refractivity contribution in [3.63, 3.8) is 0 Å². The van der Waals surface area contributed by atoms with Crippen LogP contribution in [0.5, 0.6) is 0 Å². The van der Waals surface area contributed by atoms with Crippen LogP contribution < -0.4 is 10.6 Å². The standard InChI is InChI=1S/C38H56P2.C10H14.2HI.Ru/c1-29-17-15-27-35(39(31-19-7-3-8-20-31)32-21-9-4-10-22-32)37(29)38-30(2)18-16-28-36(38)40(33-23-11-5-12-24-33)34-25-13-6-14-26-34;1-8(2)10-6-4-9(3)5-7-10;;;/h15-18,27-28,31-34H,3-14,19-26H2,1-2H3;4-8H,1-3H3;2*1H;/q;;;;+2/p-2. The van der Waals surface area contributed by atoms with Crippen LogP contribution in [0.2, 0.25) is 0 Å². The molecule has 0 N–H and O–H groups in total. The van der Waals surface area contributed by atoms with Gasteiger partial charge in [0.05, 0.1) is 0 Å². The van der Waals surface area contributed by atoms with Crippen LogP contribution in [0, 0.1) is 20.8 Å². The molecular formula is C48H70I2P2Ru. The van der Waals surface area contributed by atoms with Crippen molar-refractivity contribution >= 4 is 66.0 Å². The van der Waals surface area contributed by atoms with Crippen molar-refractivity contribution in [3.05, 3.63) is 82.9 Å². The van der Waals surface area contributed by atoms with E-state index >= 15 is 0 Å². The van der Waals surface area contributed by atoms with Crippen LogP contribution in [0.1, 0.15) is 170 Å². The number of hydrogen-bond acceptors (Lipinski definition) is 0. The van der Waals surface area contributed by atoms with Gasteiger partial charge < -0.3 is 0 Å². The topological polar surface area (TPSA) is 0 Å². The third-order valence-electron chi connectivity index (χ3n) is 12.9. The Kier molecular flexibility index (Phi) is 20.1. The van der Waals surface area contributed by atoms with Crippen LogP contribution in [-0.2, 0) is 10.1 Å². The first-order valence-electron chi connectivity index (χ1n) is 21.5. The van der Waals surface area contributed by atoms with E-state index in [2.05, 4.69) is 135 Å². The van der Waals surface area contributed by atoms with Gasteiger partial charge in [-0.2, -0.15) is 0 Å². The Morgan fingerprint density at radius 1 is 0.472 bits per heavy atom. The van der Waals surface area contributed by atoms with Crippen molar-refractivity contribution in [1.82, 2.24) is 0 Å². The van der Waals surface area contributed by atoms with Gasteiger partial charge in [-0.3, -0.25) is 0 Å². The van der Waals surface area contributed by atoms with Gasteiger partial charge in [0.25, 0.3) is 0 Å². The average molecular weight is 1060 g/mol. The number of hydrogen-bond donors (Lipinski definition) is 0. The first-order valence-corrected chi connectivity index (χ1v) is 34.8. The van der Waals surface area contributed by atoms with Crippen molar-refractivity contribution in [2.24, 2.45) is 0 Å². The Labute approximate surface area is 358 Å². The fraction of sp³-hybridized carbons (Fsp3) is 0.625. The monoisotopic (exact) mass is 1060 g/mol. The zero-order chi connectivity index (χ0) is 37.6. The van der Waals surface area contributed by atoms with Gasteiger partial charge in [-0.25, -0.2) is 0 Å². The molecule has 0 radical (unpaired) electrons. The molecule has 0 amide bonds. The van der Waals surface area contributed by atoms with E-state index in [1.54, 1.807) is 22.3 Å².